The monoisotopic (exact) mass is 194 g/mol. The van der Waals surface area contributed by atoms with Gasteiger partial charge in [0.2, 0.25) is 0 Å². The van der Waals surface area contributed by atoms with Crippen LogP contribution in [0.2, 0.25) is 0 Å². The summed E-state index contributed by atoms with van der Waals surface area (Å²) in [5.74, 6) is 4.21. The predicted octanol–water partition coefficient (Wildman–Crippen LogP) is 2.97. The number of aliphatic hydroxyl groups excluding tert-OH is 1. The van der Waals surface area contributed by atoms with Crippen molar-refractivity contribution < 1.29 is 5.11 Å². The summed E-state index contributed by atoms with van der Waals surface area (Å²) >= 11 is 0. The molecule has 0 unspecified atom stereocenters. The summed E-state index contributed by atoms with van der Waals surface area (Å²) in [6.07, 6.45) is 11.0. The minimum Gasteiger partial charge on any atom is -0.393 e. The second-order valence-corrected chi connectivity index (χ2v) is 5.91. The van der Waals surface area contributed by atoms with Crippen LogP contribution in [0.3, 0.4) is 0 Å². The van der Waals surface area contributed by atoms with Crippen LogP contribution in [0.25, 0.3) is 0 Å². The van der Waals surface area contributed by atoms with E-state index in [2.05, 4.69) is 0 Å². The highest BCUT2D eigenvalue weighted by atomic mass is 16.3. The molecule has 3 atom stereocenters. The Labute approximate surface area is 86.9 Å². The van der Waals surface area contributed by atoms with Gasteiger partial charge in [0.25, 0.3) is 0 Å². The van der Waals surface area contributed by atoms with Crippen LogP contribution in [-0.2, 0) is 0 Å². The molecule has 0 amide bonds. The molecule has 0 spiro atoms. The highest BCUT2D eigenvalue weighted by Crippen LogP contribution is 2.53. The molecule has 3 fully saturated rings. The summed E-state index contributed by atoms with van der Waals surface area (Å²) in [6.45, 7) is 0. The van der Waals surface area contributed by atoms with Crippen LogP contribution < -0.4 is 0 Å². The minimum absolute atomic E-state index is 0.0323. The molecule has 2 bridgehead atoms. The topological polar surface area (TPSA) is 20.2 Å². The maximum absolute atomic E-state index is 9.50. The predicted molar refractivity (Wildman–Crippen MR) is 56.9 cm³/mol. The highest BCUT2D eigenvalue weighted by Gasteiger charge is 2.43. The Kier molecular flexibility index (Phi) is 2.31. The van der Waals surface area contributed by atoms with E-state index in [0.717, 1.165) is 36.5 Å². The molecule has 80 valence electrons. The number of hydrogen-bond acceptors (Lipinski definition) is 1. The van der Waals surface area contributed by atoms with Crippen LogP contribution in [0.1, 0.15) is 51.4 Å². The molecule has 0 radical (unpaired) electrons. The lowest BCUT2D eigenvalue weighted by atomic mass is 9.72. The quantitative estimate of drug-likeness (QED) is 0.680. The molecule has 3 rings (SSSR count). The molecule has 1 nitrogen and oxygen atoms in total. The number of rotatable bonds is 1. The number of fused-ring (bicyclic) bond motifs is 2. The standard InChI is InChI=1S/C13H22O/c14-12-5-3-10(4-6-12)13-8-9-1-2-11(13)7-9/h9-14H,1-8H2/t9-,10?,11-,12?,13-/m1/s1. The van der Waals surface area contributed by atoms with E-state index in [4.69, 9.17) is 0 Å². The van der Waals surface area contributed by atoms with Gasteiger partial charge in [-0.25, -0.2) is 0 Å². The average Bonchev–Trinajstić information content (AvgIpc) is 2.80. The molecule has 1 N–H and O–H groups in total. The van der Waals surface area contributed by atoms with Gasteiger partial charge in [-0.3, -0.25) is 0 Å². The fourth-order valence-electron chi connectivity index (χ4n) is 4.40. The van der Waals surface area contributed by atoms with Crippen molar-refractivity contribution in [3.05, 3.63) is 0 Å². The van der Waals surface area contributed by atoms with Crippen LogP contribution in [0.4, 0.5) is 0 Å². The Hall–Kier alpha value is -0.0400. The second-order valence-electron chi connectivity index (χ2n) is 5.91. The van der Waals surface area contributed by atoms with Crippen LogP contribution in [0, 0.1) is 23.7 Å². The van der Waals surface area contributed by atoms with Gasteiger partial charge in [-0.15, -0.1) is 0 Å². The Morgan fingerprint density at radius 1 is 0.714 bits per heavy atom. The third-order valence-electron chi connectivity index (χ3n) is 5.14. The zero-order valence-electron chi connectivity index (χ0n) is 8.99. The maximum Gasteiger partial charge on any atom is 0.0540 e. The second kappa shape index (κ2) is 3.52. The summed E-state index contributed by atoms with van der Waals surface area (Å²) in [5.41, 5.74) is 0. The lowest BCUT2D eigenvalue weighted by Crippen LogP contribution is -2.27. The van der Waals surface area contributed by atoms with Gasteiger partial charge in [0.1, 0.15) is 0 Å². The van der Waals surface area contributed by atoms with Crippen molar-refractivity contribution >= 4 is 0 Å². The number of hydrogen-bond donors (Lipinski definition) is 1. The first-order valence-electron chi connectivity index (χ1n) is 6.51. The third kappa shape index (κ3) is 1.50. The molecule has 0 aromatic rings. The van der Waals surface area contributed by atoms with E-state index in [1.807, 2.05) is 0 Å². The lowest BCUT2D eigenvalue weighted by Gasteiger charge is -2.34. The molecule has 3 aliphatic carbocycles. The molecule has 3 aliphatic rings. The Morgan fingerprint density at radius 2 is 1.43 bits per heavy atom. The molecule has 0 aliphatic heterocycles. The summed E-state index contributed by atoms with van der Waals surface area (Å²) in [6, 6.07) is 0. The normalized spacial score (nSPS) is 52.5. The molecule has 0 aromatic carbocycles. The SMILES string of the molecule is OC1CCC([C@H]2C[C@@H]3CC[C@@H]2C3)CC1. The first-order chi connectivity index (χ1) is 6.83. The highest BCUT2D eigenvalue weighted by molar-refractivity contribution is 4.93. The van der Waals surface area contributed by atoms with E-state index in [1.165, 1.54) is 32.1 Å². The van der Waals surface area contributed by atoms with Gasteiger partial charge in [-0.2, -0.15) is 0 Å². The zero-order chi connectivity index (χ0) is 9.54. The smallest absolute Gasteiger partial charge is 0.0540 e. The molecule has 0 heterocycles. The van der Waals surface area contributed by atoms with Gasteiger partial charge in [-0.05, 0) is 68.6 Å². The maximum atomic E-state index is 9.50. The van der Waals surface area contributed by atoms with Gasteiger partial charge in [0, 0.05) is 0 Å². The van der Waals surface area contributed by atoms with Crippen LogP contribution in [-0.4, -0.2) is 11.2 Å². The van der Waals surface area contributed by atoms with Gasteiger partial charge in [0.15, 0.2) is 0 Å². The zero-order valence-corrected chi connectivity index (χ0v) is 8.99. The Balaban J connectivity index is 1.61. The Bertz CT molecular complexity index is 205. The number of aliphatic hydroxyl groups is 1. The molecular formula is C13H22O. The van der Waals surface area contributed by atoms with Gasteiger partial charge < -0.3 is 5.11 Å². The average molecular weight is 194 g/mol. The Morgan fingerprint density at radius 3 is 2.00 bits per heavy atom. The lowest BCUT2D eigenvalue weighted by molar-refractivity contribution is 0.0776. The van der Waals surface area contributed by atoms with Gasteiger partial charge in [-0.1, -0.05) is 6.42 Å². The van der Waals surface area contributed by atoms with E-state index in [-0.39, 0.29) is 6.10 Å². The molecule has 14 heavy (non-hydrogen) atoms. The van der Waals surface area contributed by atoms with Crippen molar-refractivity contribution in [2.45, 2.75) is 57.5 Å². The van der Waals surface area contributed by atoms with E-state index in [1.54, 1.807) is 6.42 Å². The summed E-state index contributed by atoms with van der Waals surface area (Å²) in [7, 11) is 0. The van der Waals surface area contributed by atoms with E-state index in [0.29, 0.717) is 0 Å². The first kappa shape index (κ1) is 9.21. The molecule has 3 saturated carbocycles. The largest absolute Gasteiger partial charge is 0.393 e. The van der Waals surface area contributed by atoms with Crippen LogP contribution >= 0.6 is 0 Å². The van der Waals surface area contributed by atoms with E-state index < -0.39 is 0 Å². The third-order valence-corrected chi connectivity index (χ3v) is 5.14. The molecular weight excluding hydrogens is 172 g/mol. The van der Waals surface area contributed by atoms with Crippen LogP contribution in [0.15, 0.2) is 0 Å². The molecule has 0 aromatic heterocycles. The van der Waals surface area contributed by atoms with Gasteiger partial charge in [0.05, 0.1) is 6.10 Å². The van der Waals surface area contributed by atoms with Crippen LogP contribution in [0.5, 0.6) is 0 Å². The molecule has 0 saturated heterocycles. The van der Waals surface area contributed by atoms with E-state index in [9.17, 15) is 5.11 Å². The van der Waals surface area contributed by atoms with Crippen molar-refractivity contribution in [2.24, 2.45) is 23.7 Å². The van der Waals surface area contributed by atoms with Crippen molar-refractivity contribution in [1.82, 2.24) is 0 Å². The summed E-state index contributed by atoms with van der Waals surface area (Å²) < 4.78 is 0. The van der Waals surface area contributed by atoms with Gasteiger partial charge >= 0.3 is 0 Å². The summed E-state index contributed by atoms with van der Waals surface area (Å²) in [5, 5.41) is 9.50. The fourth-order valence-corrected chi connectivity index (χ4v) is 4.40. The fraction of sp³-hybridized carbons (Fsp3) is 1.00. The van der Waals surface area contributed by atoms with Crippen molar-refractivity contribution in [2.75, 3.05) is 0 Å². The van der Waals surface area contributed by atoms with Crippen molar-refractivity contribution in [3.8, 4) is 0 Å². The summed E-state index contributed by atoms with van der Waals surface area (Å²) in [4.78, 5) is 0. The molecule has 1 heteroatoms. The van der Waals surface area contributed by atoms with Crippen molar-refractivity contribution in [1.29, 1.82) is 0 Å². The van der Waals surface area contributed by atoms with E-state index >= 15 is 0 Å². The minimum atomic E-state index is 0.0323. The first-order valence-corrected chi connectivity index (χ1v) is 6.51. The van der Waals surface area contributed by atoms with Crippen molar-refractivity contribution in [3.63, 3.8) is 0 Å².